The number of aromatic amines is 1. The molecular weight excluding hydrogens is 348 g/mol. The van der Waals surface area contributed by atoms with E-state index in [0.717, 1.165) is 46.5 Å². The maximum atomic E-state index is 6.33. The van der Waals surface area contributed by atoms with Gasteiger partial charge in [-0.15, -0.1) is 0 Å². The van der Waals surface area contributed by atoms with E-state index in [9.17, 15) is 0 Å². The van der Waals surface area contributed by atoms with Gasteiger partial charge in [-0.1, -0.05) is 43.0 Å². The number of benzene rings is 1. The molecule has 1 aromatic carbocycles. The van der Waals surface area contributed by atoms with Crippen LogP contribution in [-0.2, 0) is 0 Å². The molecule has 5 rings (SSSR count). The molecule has 1 fully saturated rings. The van der Waals surface area contributed by atoms with Crippen molar-refractivity contribution in [2.24, 2.45) is 0 Å². The molecule has 0 aliphatic heterocycles. The van der Waals surface area contributed by atoms with Gasteiger partial charge in [0.25, 0.3) is 0 Å². The summed E-state index contributed by atoms with van der Waals surface area (Å²) in [6, 6.07) is 7.90. The number of nitrogen functional groups attached to an aromatic ring is 1. The number of nitrogens with zero attached hydrogens (tertiary/aromatic N) is 4. The standard InChI is InChI=1S/C19H19ClN6/c20-13-8-4-7-12-9-14(24-15(12)13)16-17-18(21)22-10-23-26(17)19(25-16)11-5-2-1-3-6-11/h4,7-11,24H,1-3,5-6H2,(H2,21,22,23). The van der Waals surface area contributed by atoms with Crippen LogP contribution in [0.2, 0.25) is 5.02 Å². The number of aromatic nitrogens is 5. The number of para-hydroxylation sites is 1. The van der Waals surface area contributed by atoms with E-state index in [2.05, 4.69) is 21.1 Å². The van der Waals surface area contributed by atoms with E-state index in [-0.39, 0.29) is 0 Å². The Hall–Kier alpha value is -2.60. The number of anilines is 1. The van der Waals surface area contributed by atoms with Crippen molar-refractivity contribution in [2.75, 3.05) is 5.73 Å². The highest BCUT2D eigenvalue weighted by Crippen LogP contribution is 2.37. The first kappa shape index (κ1) is 15.6. The van der Waals surface area contributed by atoms with Crippen molar-refractivity contribution in [2.45, 2.75) is 38.0 Å². The lowest BCUT2D eigenvalue weighted by Crippen LogP contribution is -2.10. The second-order valence-electron chi connectivity index (χ2n) is 6.95. The second-order valence-corrected chi connectivity index (χ2v) is 7.35. The van der Waals surface area contributed by atoms with Gasteiger partial charge in [-0.25, -0.2) is 14.5 Å². The number of nitrogens with two attached hydrogens (primary N) is 1. The summed E-state index contributed by atoms with van der Waals surface area (Å²) < 4.78 is 1.88. The van der Waals surface area contributed by atoms with E-state index in [1.54, 1.807) is 0 Å². The van der Waals surface area contributed by atoms with Crippen LogP contribution in [-0.4, -0.2) is 24.6 Å². The largest absolute Gasteiger partial charge is 0.382 e. The fourth-order valence-electron chi connectivity index (χ4n) is 4.04. The zero-order valence-corrected chi connectivity index (χ0v) is 15.0. The van der Waals surface area contributed by atoms with Crippen LogP contribution in [0.25, 0.3) is 27.8 Å². The molecule has 4 aromatic rings. The number of imidazole rings is 1. The molecule has 0 amide bonds. The lowest BCUT2D eigenvalue weighted by atomic mass is 9.89. The number of hydrogen-bond acceptors (Lipinski definition) is 4. The summed E-state index contributed by atoms with van der Waals surface area (Å²) in [4.78, 5) is 12.6. The third kappa shape index (κ3) is 2.36. The highest BCUT2D eigenvalue weighted by molar-refractivity contribution is 6.35. The molecule has 0 bridgehead atoms. The topological polar surface area (TPSA) is 84.9 Å². The lowest BCUT2D eigenvalue weighted by molar-refractivity contribution is 0.424. The van der Waals surface area contributed by atoms with E-state index >= 15 is 0 Å². The minimum Gasteiger partial charge on any atom is -0.382 e. The summed E-state index contributed by atoms with van der Waals surface area (Å²) in [7, 11) is 0. The summed E-state index contributed by atoms with van der Waals surface area (Å²) >= 11 is 6.33. The minimum atomic E-state index is 0.410. The van der Waals surface area contributed by atoms with Crippen LogP contribution in [0.4, 0.5) is 5.82 Å². The van der Waals surface area contributed by atoms with Gasteiger partial charge in [-0.2, -0.15) is 5.10 Å². The summed E-state index contributed by atoms with van der Waals surface area (Å²) in [5, 5.41) is 6.19. The number of nitrogens with one attached hydrogen (secondary N) is 1. The van der Waals surface area contributed by atoms with E-state index in [4.69, 9.17) is 22.3 Å². The number of fused-ring (bicyclic) bond motifs is 2. The van der Waals surface area contributed by atoms with Crippen LogP contribution in [0.5, 0.6) is 0 Å². The third-order valence-corrected chi connectivity index (χ3v) is 5.63. The van der Waals surface area contributed by atoms with Crippen LogP contribution in [0.1, 0.15) is 43.8 Å². The van der Waals surface area contributed by atoms with E-state index in [1.165, 1.54) is 25.6 Å². The van der Waals surface area contributed by atoms with Crippen LogP contribution >= 0.6 is 11.6 Å². The molecule has 6 nitrogen and oxygen atoms in total. The smallest absolute Gasteiger partial charge is 0.153 e. The third-order valence-electron chi connectivity index (χ3n) is 5.32. The van der Waals surface area contributed by atoms with E-state index in [0.29, 0.717) is 16.8 Å². The predicted octanol–water partition coefficient (Wildman–Crippen LogP) is 4.56. The molecule has 0 atom stereocenters. The summed E-state index contributed by atoms with van der Waals surface area (Å²) in [6.07, 6.45) is 7.55. The fourth-order valence-corrected chi connectivity index (χ4v) is 4.27. The summed E-state index contributed by atoms with van der Waals surface area (Å²) in [5.41, 5.74) is 9.54. The predicted molar refractivity (Wildman–Crippen MR) is 103 cm³/mol. The SMILES string of the molecule is Nc1ncnn2c(C3CCCCC3)nc(-c3cc4cccc(Cl)c4[nH]3)c12. The van der Waals surface area contributed by atoms with Crippen molar-refractivity contribution in [3.05, 3.63) is 41.4 Å². The van der Waals surface area contributed by atoms with Crippen LogP contribution in [0, 0.1) is 0 Å². The zero-order valence-electron chi connectivity index (χ0n) is 14.2. The lowest BCUT2D eigenvalue weighted by Gasteiger charge is -2.19. The van der Waals surface area contributed by atoms with E-state index < -0.39 is 0 Å². The van der Waals surface area contributed by atoms with Gasteiger partial charge in [0.15, 0.2) is 5.82 Å². The van der Waals surface area contributed by atoms with Gasteiger partial charge in [-0.3, -0.25) is 0 Å². The Morgan fingerprint density at radius 1 is 1.19 bits per heavy atom. The van der Waals surface area contributed by atoms with Gasteiger partial charge in [0.2, 0.25) is 0 Å². The molecule has 3 N–H and O–H groups in total. The van der Waals surface area contributed by atoms with Gasteiger partial charge < -0.3 is 10.7 Å². The Bertz CT molecular complexity index is 1110. The summed E-state index contributed by atoms with van der Waals surface area (Å²) in [5.74, 6) is 1.83. The molecular formula is C19H19ClN6. The first-order chi connectivity index (χ1) is 12.7. The van der Waals surface area contributed by atoms with Gasteiger partial charge in [0.1, 0.15) is 23.4 Å². The Morgan fingerprint density at radius 3 is 2.85 bits per heavy atom. The van der Waals surface area contributed by atoms with E-state index in [1.807, 2.05) is 22.7 Å². The molecule has 132 valence electrons. The second kappa shape index (κ2) is 5.99. The molecule has 0 unspecified atom stereocenters. The highest BCUT2D eigenvalue weighted by Gasteiger charge is 2.25. The van der Waals surface area contributed by atoms with Crippen LogP contribution < -0.4 is 5.73 Å². The number of hydrogen-bond donors (Lipinski definition) is 2. The first-order valence-corrected chi connectivity index (χ1v) is 9.37. The Morgan fingerprint density at radius 2 is 2.04 bits per heavy atom. The van der Waals surface area contributed by atoms with Gasteiger partial charge in [0, 0.05) is 11.3 Å². The first-order valence-electron chi connectivity index (χ1n) is 8.99. The molecule has 26 heavy (non-hydrogen) atoms. The van der Waals surface area contributed by atoms with Crippen molar-refractivity contribution in [1.29, 1.82) is 0 Å². The molecule has 0 saturated heterocycles. The number of halogens is 1. The van der Waals surface area contributed by atoms with Crippen molar-refractivity contribution in [3.63, 3.8) is 0 Å². The molecule has 1 aliphatic rings. The molecule has 0 spiro atoms. The molecule has 1 saturated carbocycles. The van der Waals surface area contributed by atoms with Crippen molar-refractivity contribution in [1.82, 2.24) is 24.6 Å². The van der Waals surface area contributed by atoms with Crippen molar-refractivity contribution >= 4 is 33.8 Å². The average Bonchev–Trinajstić information content (AvgIpc) is 3.25. The monoisotopic (exact) mass is 366 g/mol. The molecule has 3 heterocycles. The van der Waals surface area contributed by atoms with Gasteiger partial charge >= 0.3 is 0 Å². The van der Waals surface area contributed by atoms with Crippen LogP contribution in [0.15, 0.2) is 30.6 Å². The Kier molecular flexibility index (Phi) is 3.60. The van der Waals surface area contributed by atoms with Crippen LogP contribution in [0.3, 0.4) is 0 Å². The normalized spacial score (nSPS) is 15.9. The van der Waals surface area contributed by atoms with Crippen molar-refractivity contribution in [3.8, 4) is 11.4 Å². The molecule has 7 heteroatoms. The molecule has 1 aliphatic carbocycles. The number of rotatable bonds is 2. The average molecular weight is 367 g/mol. The Balaban J connectivity index is 1.75. The maximum Gasteiger partial charge on any atom is 0.153 e. The molecule has 0 radical (unpaired) electrons. The van der Waals surface area contributed by atoms with Gasteiger partial charge in [0.05, 0.1) is 16.2 Å². The molecule has 3 aromatic heterocycles. The highest BCUT2D eigenvalue weighted by atomic mass is 35.5. The maximum absolute atomic E-state index is 6.33. The fraction of sp³-hybridized carbons (Fsp3) is 0.316. The Labute approximate surface area is 155 Å². The number of H-pyrrole nitrogens is 1. The van der Waals surface area contributed by atoms with Gasteiger partial charge in [-0.05, 0) is 25.0 Å². The summed E-state index contributed by atoms with van der Waals surface area (Å²) in [6.45, 7) is 0. The zero-order chi connectivity index (χ0) is 17.7. The minimum absolute atomic E-state index is 0.410. The van der Waals surface area contributed by atoms with Crippen molar-refractivity contribution < 1.29 is 0 Å². The quantitative estimate of drug-likeness (QED) is 0.544.